The number of carbonyl (C=O) groups is 2. The molecule has 0 fully saturated rings. The van der Waals surface area contributed by atoms with Gasteiger partial charge in [-0.05, 0) is 31.2 Å². The van der Waals surface area contributed by atoms with Crippen molar-refractivity contribution in [3.63, 3.8) is 0 Å². The van der Waals surface area contributed by atoms with E-state index in [0.717, 1.165) is 0 Å². The molecule has 114 valence electrons. The number of ether oxygens (including phenoxy) is 2. The molecule has 0 saturated heterocycles. The lowest BCUT2D eigenvalue weighted by atomic mass is 10.3. The first kappa shape index (κ1) is 16.6. The summed E-state index contributed by atoms with van der Waals surface area (Å²) in [4.78, 5) is 24.1. The Hall–Kier alpha value is -2.50. The van der Waals surface area contributed by atoms with Crippen LogP contribution in [0, 0.1) is 0 Å². The molecule has 0 aliphatic heterocycles. The first-order valence-corrected chi connectivity index (χ1v) is 6.40. The van der Waals surface area contributed by atoms with Crippen LogP contribution in [0.2, 0.25) is 0 Å². The number of hydrogen-bond donors (Lipinski definition) is 1. The topological polar surface area (TPSA) is 76.1 Å². The highest BCUT2D eigenvalue weighted by Crippen LogP contribution is 2.18. The zero-order valence-electron chi connectivity index (χ0n) is 12.1. The number of nitrogens with zero attached hydrogens (tertiary/aromatic N) is 1. The average molecular weight is 293 g/mol. The highest BCUT2D eigenvalue weighted by Gasteiger charge is 2.23. The molecule has 1 atom stereocenters. The van der Waals surface area contributed by atoms with Crippen LogP contribution in [-0.2, 0) is 9.59 Å². The van der Waals surface area contributed by atoms with E-state index in [0.29, 0.717) is 11.5 Å². The molecule has 1 aromatic carbocycles. The van der Waals surface area contributed by atoms with Crippen LogP contribution in [0.5, 0.6) is 11.5 Å². The van der Waals surface area contributed by atoms with Gasteiger partial charge in [0.05, 0.1) is 7.11 Å². The van der Waals surface area contributed by atoms with Crippen LogP contribution < -0.4 is 9.47 Å². The number of hydrogen-bond acceptors (Lipinski definition) is 4. The summed E-state index contributed by atoms with van der Waals surface area (Å²) in [6, 6.07) is 6.78. The van der Waals surface area contributed by atoms with Crippen molar-refractivity contribution >= 4 is 11.9 Å². The van der Waals surface area contributed by atoms with E-state index in [4.69, 9.17) is 14.6 Å². The van der Waals surface area contributed by atoms with Crippen LogP contribution in [0.25, 0.3) is 0 Å². The number of amides is 1. The van der Waals surface area contributed by atoms with Gasteiger partial charge < -0.3 is 19.5 Å². The number of carboxylic acid groups (broad SMARTS) is 1. The minimum absolute atomic E-state index is 0.154. The minimum atomic E-state index is -1.08. The maximum absolute atomic E-state index is 12.2. The molecule has 6 heteroatoms. The number of carboxylic acids is 1. The Balaban J connectivity index is 2.70. The second-order valence-electron chi connectivity index (χ2n) is 4.34. The molecule has 1 aromatic rings. The zero-order chi connectivity index (χ0) is 15.8. The van der Waals surface area contributed by atoms with Gasteiger partial charge in [-0.3, -0.25) is 9.59 Å². The molecule has 0 aliphatic carbocycles. The van der Waals surface area contributed by atoms with E-state index in [1.165, 1.54) is 11.0 Å². The van der Waals surface area contributed by atoms with Crippen molar-refractivity contribution in [2.24, 2.45) is 0 Å². The number of rotatable bonds is 8. The molecule has 1 rings (SSSR count). The second-order valence-corrected chi connectivity index (χ2v) is 4.34. The minimum Gasteiger partial charge on any atom is -0.497 e. The van der Waals surface area contributed by atoms with E-state index in [1.54, 1.807) is 38.3 Å². The van der Waals surface area contributed by atoms with Gasteiger partial charge in [0.1, 0.15) is 18.0 Å². The highest BCUT2D eigenvalue weighted by atomic mass is 16.5. The lowest BCUT2D eigenvalue weighted by Crippen LogP contribution is -2.43. The maximum atomic E-state index is 12.2. The van der Waals surface area contributed by atoms with Crippen molar-refractivity contribution < 1.29 is 24.2 Å². The van der Waals surface area contributed by atoms with Crippen LogP contribution in [-0.4, -0.2) is 48.2 Å². The monoisotopic (exact) mass is 293 g/mol. The van der Waals surface area contributed by atoms with Gasteiger partial charge in [-0.25, -0.2) is 0 Å². The van der Waals surface area contributed by atoms with E-state index in [-0.39, 0.29) is 13.1 Å². The third-order valence-electron chi connectivity index (χ3n) is 2.71. The number of methoxy groups -OCH3 is 1. The van der Waals surface area contributed by atoms with Crippen molar-refractivity contribution in [2.75, 3.05) is 20.2 Å². The molecular weight excluding hydrogens is 274 g/mol. The van der Waals surface area contributed by atoms with Gasteiger partial charge in [0.25, 0.3) is 5.91 Å². The molecule has 6 nitrogen and oxygen atoms in total. The summed E-state index contributed by atoms with van der Waals surface area (Å²) < 4.78 is 10.5. The van der Waals surface area contributed by atoms with Crippen LogP contribution in [0.15, 0.2) is 36.9 Å². The highest BCUT2D eigenvalue weighted by molar-refractivity contribution is 5.84. The Labute approximate surface area is 123 Å². The van der Waals surface area contributed by atoms with Gasteiger partial charge in [0, 0.05) is 6.54 Å². The summed E-state index contributed by atoms with van der Waals surface area (Å²) in [6.45, 7) is 4.85. The second kappa shape index (κ2) is 7.94. The molecule has 0 spiro atoms. The Morgan fingerprint density at radius 3 is 2.38 bits per heavy atom. The smallest absolute Gasteiger partial charge is 0.323 e. The first-order chi connectivity index (χ1) is 9.97. The van der Waals surface area contributed by atoms with Crippen molar-refractivity contribution in [1.29, 1.82) is 0 Å². The fourth-order valence-corrected chi connectivity index (χ4v) is 1.72. The molecule has 0 bridgehead atoms. The molecule has 1 unspecified atom stereocenters. The summed E-state index contributed by atoms with van der Waals surface area (Å²) in [5, 5.41) is 8.81. The van der Waals surface area contributed by atoms with Crippen LogP contribution in [0.1, 0.15) is 6.92 Å². The van der Waals surface area contributed by atoms with Crippen molar-refractivity contribution in [1.82, 2.24) is 4.90 Å². The fraction of sp³-hybridized carbons (Fsp3) is 0.333. The molecule has 0 aromatic heterocycles. The molecule has 0 aliphatic rings. The Morgan fingerprint density at radius 2 is 1.90 bits per heavy atom. The SMILES string of the molecule is C=CCN(CC(=O)O)C(=O)C(C)Oc1ccc(OC)cc1. The molecule has 1 N–H and O–H groups in total. The van der Waals surface area contributed by atoms with E-state index in [2.05, 4.69) is 6.58 Å². The van der Waals surface area contributed by atoms with Crippen molar-refractivity contribution in [3.8, 4) is 11.5 Å². The zero-order valence-corrected chi connectivity index (χ0v) is 12.1. The average Bonchev–Trinajstić information content (AvgIpc) is 2.46. The van der Waals surface area contributed by atoms with Gasteiger partial charge in [-0.1, -0.05) is 6.08 Å². The van der Waals surface area contributed by atoms with Crippen molar-refractivity contribution in [3.05, 3.63) is 36.9 Å². The largest absolute Gasteiger partial charge is 0.497 e. The summed E-state index contributed by atoms with van der Waals surface area (Å²) in [5.74, 6) is -0.305. The number of aliphatic carboxylic acids is 1. The molecule has 21 heavy (non-hydrogen) atoms. The van der Waals surface area contributed by atoms with E-state index < -0.39 is 18.0 Å². The van der Waals surface area contributed by atoms with E-state index in [1.807, 2.05) is 0 Å². The van der Waals surface area contributed by atoms with E-state index >= 15 is 0 Å². The molecular formula is C15H19NO5. The van der Waals surface area contributed by atoms with E-state index in [9.17, 15) is 9.59 Å². The number of carbonyl (C=O) groups excluding carboxylic acids is 1. The molecule has 0 heterocycles. The van der Waals surface area contributed by atoms with Gasteiger partial charge >= 0.3 is 5.97 Å². The lowest BCUT2D eigenvalue weighted by Gasteiger charge is -2.23. The fourth-order valence-electron chi connectivity index (χ4n) is 1.72. The predicted octanol–water partition coefficient (Wildman–Crippen LogP) is 1.56. The quantitative estimate of drug-likeness (QED) is 0.736. The van der Waals surface area contributed by atoms with Gasteiger partial charge in [0.2, 0.25) is 0 Å². The number of benzene rings is 1. The summed E-state index contributed by atoms with van der Waals surface area (Å²) in [6.07, 6.45) is 0.679. The predicted molar refractivity (Wildman–Crippen MR) is 77.5 cm³/mol. The van der Waals surface area contributed by atoms with Gasteiger partial charge in [0.15, 0.2) is 6.10 Å². The summed E-state index contributed by atoms with van der Waals surface area (Å²) in [5.41, 5.74) is 0. The first-order valence-electron chi connectivity index (χ1n) is 6.40. The third-order valence-corrected chi connectivity index (χ3v) is 2.71. The Morgan fingerprint density at radius 1 is 1.33 bits per heavy atom. The van der Waals surface area contributed by atoms with Gasteiger partial charge in [-0.2, -0.15) is 0 Å². The third kappa shape index (κ3) is 5.18. The van der Waals surface area contributed by atoms with Gasteiger partial charge in [-0.15, -0.1) is 6.58 Å². The van der Waals surface area contributed by atoms with Crippen LogP contribution >= 0.6 is 0 Å². The lowest BCUT2D eigenvalue weighted by molar-refractivity contribution is -0.146. The summed E-state index contributed by atoms with van der Waals surface area (Å²) in [7, 11) is 1.56. The summed E-state index contributed by atoms with van der Waals surface area (Å²) >= 11 is 0. The van der Waals surface area contributed by atoms with Crippen LogP contribution in [0.3, 0.4) is 0 Å². The molecule has 1 amide bonds. The van der Waals surface area contributed by atoms with Crippen LogP contribution in [0.4, 0.5) is 0 Å². The Bertz CT molecular complexity index is 497. The normalized spacial score (nSPS) is 11.3. The standard InChI is InChI=1S/C15H19NO5/c1-4-9-16(10-14(17)18)15(19)11(2)21-13-7-5-12(20-3)6-8-13/h4-8,11H,1,9-10H2,2-3H3,(H,17,18). The molecule has 0 saturated carbocycles. The maximum Gasteiger partial charge on any atom is 0.323 e. The molecule has 0 radical (unpaired) electrons. The van der Waals surface area contributed by atoms with Crippen molar-refractivity contribution in [2.45, 2.75) is 13.0 Å². The Kier molecular flexibility index (Phi) is 6.26.